The average molecular weight is 335 g/mol. The minimum atomic E-state index is -2.91. The third kappa shape index (κ3) is 4.71. The van der Waals surface area contributed by atoms with Crippen molar-refractivity contribution in [3.05, 3.63) is 34.3 Å². The van der Waals surface area contributed by atoms with E-state index in [2.05, 4.69) is 15.9 Å². The van der Waals surface area contributed by atoms with Crippen molar-refractivity contribution in [3.63, 3.8) is 0 Å². The van der Waals surface area contributed by atoms with Gasteiger partial charge in [0.25, 0.3) is 0 Å². The van der Waals surface area contributed by atoms with Crippen LogP contribution >= 0.6 is 15.9 Å². The van der Waals surface area contributed by atoms with E-state index in [1.54, 1.807) is 6.92 Å². The molecule has 0 radical (unpaired) electrons. The molecule has 1 atom stereocenters. The van der Waals surface area contributed by atoms with Gasteiger partial charge in [-0.15, -0.1) is 0 Å². The van der Waals surface area contributed by atoms with Crippen LogP contribution in [0.2, 0.25) is 0 Å². The van der Waals surface area contributed by atoms with E-state index in [0.717, 1.165) is 10.0 Å². The van der Waals surface area contributed by atoms with Crippen LogP contribution in [-0.2, 0) is 9.84 Å². The zero-order valence-corrected chi connectivity index (χ0v) is 12.9. The molecule has 0 spiro atoms. The van der Waals surface area contributed by atoms with E-state index in [1.165, 1.54) is 0 Å². The summed E-state index contributed by atoms with van der Waals surface area (Å²) in [5.74, 6) is 0.378. The minimum Gasteiger partial charge on any atom is -0.396 e. The van der Waals surface area contributed by atoms with Crippen LogP contribution in [0.3, 0.4) is 0 Å². The monoisotopic (exact) mass is 334 g/mol. The Kier molecular flexibility index (Phi) is 6.32. The van der Waals surface area contributed by atoms with Gasteiger partial charge in [0.15, 0.2) is 0 Å². The van der Waals surface area contributed by atoms with E-state index in [-0.39, 0.29) is 24.0 Å². The topological polar surface area (TPSA) is 54.4 Å². The van der Waals surface area contributed by atoms with Gasteiger partial charge in [-0.2, -0.15) is 0 Å². The van der Waals surface area contributed by atoms with Gasteiger partial charge in [0.05, 0.1) is 5.75 Å². The normalized spacial score (nSPS) is 13.5. The molecule has 0 aliphatic carbocycles. The molecule has 0 fully saturated rings. The van der Waals surface area contributed by atoms with Gasteiger partial charge in [-0.25, -0.2) is 8.42 Å². The molecule has 1 unspecified atom stereocenters. The maximum absolute atomic E-state index is 11.4. The Bertz CT molecular complexity index is 471. The summed E-state index contributed by atoms with van der Waals surface area (Å²) in [6, 6.07) is 7.73. The molecule has 0 aliphatic rings. The van der Waals surface area contributed by atoms with Crippen molar-refractivity contribution in [2.24, 2.45) is 0 Å². The van der Waals surface area contributed by atoms with Crippen molar-refractivity contribution in [2.75, 3.05) is 18.1 Å². The molecular weight excluding hydrogens is 316 g/mol. The van der Waals surface area contributed by atoms with Crippen molar-refractivity contribution in [1.82, 2.24) is 0 Å². The van der Waals surface area contributed by atoms with E-state index >= 15 is 0 Å². The van der Waals surface area contributed by atoms with Crippen LogP contribution in [0.1, 0.15) is 31.2 Å². The Morgan fingerprint density at radius 3 is 2.56 bits per heavy atom. The lowest BCUT2D eigenvalue weighted by molar-refractivity contribution is 0.258. The second-order valence-corrected chi connectivity index (χ2v) is 7.61. The molecule has 0 saturated heterocycles. The summed E-state index contributed by atoms with van der Waals surface area (Å²) in [5.41, 5.74) is 1.04. The minimum absolute atomic E-state index is 0.00682. The first-order chi connectivity index (χ1) is 8.50. The van der Waals surface area contributed by atoms with Gasteiger partial charge in [-0.1, -0.05) is 41.1 Å². The summed E-state index contributed by atoms with van der Waals surface area (Å²) in [6.45, 7) is 1.70. The zero-order chi connectivity index (χ0) is 13.6. The Morgan fingerprint density at radius 2 is 2.00 bits per heavy atom. The molecule has 0 heterocycles. The number of rotatable bonds is 7. The first-order valence-corrected chi connectivity index (χ1v) is 8.67. The molecule has 5 heteroatoms. The third-order valence-electron chi connectivity index (χ3n) is 3.01. The lowest BCUT2D eigenvalue weighted by atomic mass is 9.95. The number of aliphatic hydroxyl groups is 1. The van der Waals surface area contributed by atoms with Gasteiger partial charge >= 0.3 is 0 Å². The van der Waals surface area contributed by atoms with Crippen LogP contribution in [0.25, 0.3) is 0 Å². The fourth-order valence-electron chi connectivity index (χ4n) is 1.85. The van der Waals surface area contributed by atoms with Crippen molar-refractivity contribution in [3.8, 4) is 0 Å². The predicted octanol–water partition coefficient (Wildman–Crippen LogP) is 2.74. The highest BCUT2D eigenvalue weighted by Gasteiger charge is 2.15. The molecule has 1 rings (SSSR count). The average Bonchev–Trinajstić information content (AvgIpc) is 2.36. The maximum atomic E-state index is 11.4. The second-order valence-electron chi connectivity index (χ2n) is 4.28. The number of benzene rings is 1. The highest BCUT2D eigenvalue weighted by molar-refractivity contribution is 9.10. The van der Waals surface area contributed by atoms with Gasteiger partial charge in [-0.05, 0) is 24.5 Å². The van der Waals surface area contributed by atoms with E-state index in [4.69, 9.17) is 0 Å². The van der Waals surface area contributed by atoms with E-state index in [1.807, 2.05) is 24.3 Å². The lowest BCUT2D eigenvalue weighted by Gasteiger charge is -2.16. The second kappa shape index (κ2) is 7.26. The SMILES string of the molecule is CCS(=O)(=O)CCCC(CO)c1ccccc1Br. The maximum Gasteiger partial charge on any atom is 0.150 e. The van der Waals surface area contributed by atoms with E-state index in [9.17, 15) is 13.5 Å². The molecule has 3 nitrogen and oxygen atoms in total. The highest BCUT2D eigenvalue weighted by atomic mass is 79.9. The quantitative estimate of drug-likeness (QED) is 0.834. The Morgan fingerprint density at radius 1 is 1.33 bits per heavy atom. The fourth-order valence-corrected chi connectivity index (χ4v) is 3.35. The summed E-state index contributed by atoms with van der Waals surface area (Å²) >= 11 is 3.45. The molecule has 102 valence electrons. The summed E-state index contributed by atoms with van der Waals surface area (Å²) in [5, 5.41) is 9.42. The molecular formula is C13H19BrO3S. The highest BCUT2D eigenvalue weighted by Crippen LogP contribution is 2.28. The van der Waals surface area contributed by atoms with E-state index in [0.29, 0.717) is 12.8 Å². The number of halogens is 1. The van der Waals surface area contributed by atoms with Crippen LogP contribution in [0.5, 0.6) is 0 Å². The molecule has 0 aromatic heterocycles. The molecule has 0 bridgehead atoms. The van der Waals surface area contributed by atoms with Crippen LogP contribution < -0.4 is 0 Å². The van der Waals surface area contributed by atoms with Gasteiger partial charge in [-0.3, -0.25) is 0 Å². The lowest BCUT2D eigenvalue weighted by Crippen LogP contribution is -2.11. The smallest absolute Gasteiger partial charge is 0.150 e. The standard InChI is InChI=1S/C13H19BrO3S/c1-2-18(16,17)9-5-6-11(10-15)12-7-3-4-8-13(12)14/h3-4,7-8,11,15H,2,5-6,9-10H2,1H3. The summed E-state index contributed by atoms with van der Waals surface area (Å²) in [4.78, 5) is 0. The predicted molar refractivity (Wildman–Crippen MR) is 77.5 cm³/mol. The molecule has 1 aromatic rings. The Balaban J connectivity index is 2.61. The van der Waals surface area contributed by atoms with Gasteiger partial charge in [0.1, 0.15) is 9.84 Å². The van der Waals surface area contributed by atoms with Crippen molar-refractivity contribution < 1.29 is 13.5 Å². The van der Waals surface area contributed by atoms with Crippen LogP contribution in [0, 0.1) is 0 Å². The first kappa shape index (κ1) is 15.7. The fraction of sp³-hybridized carbons (Fsp3) is 0.538. The molecule has 0 aliphatic heterocycles. The van der Waals surface area contributed by atoms with Crippen LogP contribution in [-0.4, -0.2) is 31.6 Å². The summed E-state index contributed by atoms with van der Waals surface area (Å²) in [6.07, 6.45) is 1.26. The molecule has 0 amide bonds. The first-order valence-electron chi connectivity index (χ1n) is 6.06. The van der Waals surface area contributed by atoms with Crippen molar-refractivity contribution in [1.29, 1.82) is 0 Å². The summed E-state index contributed by atoms with van der Waals surface area (Å²) < 4.78 is 23.8. The largest absolute Gasteiger partial charge is 0.396 e. The van der Waals surface area contributed by atoms with E-state index < -0.39 is 9.84 Å². The van der Waals surface area contributed by atoms with Crippen molar-refractivity contribution in [2.45, 2.75) is 25.7 Å². The van der Waals surface area contributed by atoms with Crippen LogP contribution in [0.4, 0.5) is 0 Å². The molecule has 1 aromatic carbocycles. The molecule has 0 saturated carbocycles. The third-order valence-corrected chi connectivity index (χ3v) is 5.53. The van der Waals surface area contributed by atoms with Crippen molar-refractivity contribution >= 4 is 25.8 Å². The molecule has 1 N–H and O–H groups in total. The van der Waals surface area contributed by atoms with Gasteiger partial charge in [0.2, 0.25) is 0 Å². The zero-order valence-electron chi connectivity index (χ0n) is 10.5. The number of sulfone groups is 1. The number of aliphatic hydroxyl groups excluding tert-OH is 1. The van der Waals surface area contributed by atoms with Crippen LogP contribution in [0.15, 0.2) is 28.7 Å². The van der Waals surface area contributed by atoms with Gasteiger partial charge in [0, 0.05) is 22.8 Å². The number of hydrogen-bond acceptors (Lipinski definition) is 3. The molecule has 18 heavy (non-hydrogen) atoms. The summed E-state index contributed by atoms with van der Waals surface area (Å²) in [7, 11) is -2.91. The number of hydrogen-bond donors (Lipinski definition) is 1. The Labute approximate surface area is 117 Å². The van der Waals surface area contributed by atoms with Gasteiger partial charge < -0.3 is 5.11 Å². The Hall–Kier alpha value is -0.390.